The van der Waals surface area contributed by atoms with Gasteiger partial charge >= 0.3 is 0 Å². The first-order valence-electron chi connectivity index (χ1n) is 10.7. The van der Waals surface area contributed by atoms with Crippen molar-refractivity contribution in [2.75, 3.05) is 6.61 Å². The number of carbonyl (C=O) groups excluding carboxylic acids is 2. The second-order valence-corrected chi connectivity index (χ2v) is 9.27. The molecular formula is C24H26Cl3N3O3. The Balaban J connectivity index is 1.57. The molecule has 0 aliphatic carbocycles. The lowest BCUT2D eigenvalue weighted by atomic mass is 9.97. The highest BCUT2D eigenvalue weighted by Crippen LogP contribution is 2.33. The summed E-state index contributed by atoms with van der Waals surface area (Å²) in [6.45, 7) is 5.80. The highest BCUT2D eigenvalue weighted by atomic mass is 35.5. The van der Waals surface area contributed by atoms with Gasteiger partial charge in [-0.15, -0.1) is 0 Å². The van der Waals surface area contributed by atoms with E-state index in [0.29, 0.717) is 27.6 Å². The molecule has 1 N–H and O–H groups in total. The van der Waals surface area contributed by atoms with E-state index in [1.54, 1.807) is 43.3 Å². The fraction of sp³-hybridized carbons (Fsp3) is 0.375. The lowest BCUT2D eigenvalue weighted by Gasteiger charge is -2.38. The molecule has 6 nitrogen and oxygen atoms in total. The van der Waals surface area contributed by atoms with Gasteiger partial charge in [0.05, 0.1) is 20.8 Å². The van der Waals surface area contributed by atoms with Crippen molar-refractivity contribution in [2.45, 2.75) is 52.1 Å². The van der Waals surface area contributed by atoms with Crippen LogP contribution in [0.15, 0.2) is 41.5 Å². The van der Waals surface area contributed by atoms with E-state index in [1.807, 2.05) is 4.90 Å². The molecule has 1 heterocycles. The normalized spacial score (nSPS) is 18.7. The van der Waals surface area contributed by atoms with Crippen LogP contribution in [0.1, 0.15) is 56.0 Å². The number of hydrogen-bond acceptors (Lipinski definition) is 4. The number of ether oxygens (including phenoxy) is 1. The van der Waals surface area contributed by atoms with Crippen LogP contribution < -0.4 is 10.2 Å². The number of nitrogens with one attached hydrogen (secondary N) is 1. The SMILES string of the molecule is CC(=NNC(=O)c1ccc(OCC(=O)N2C(C)CCCC2C)cc1)c1ccc(Cl)c(Cl)c1Cl. The third-order valence-corrected chi connectivity index (χ3v) is 7.00. The molecule has 2 unspecified atom stereocenters. The van der Waals surface area contributed by atoms with Gasteiger partial charge in [-0.1, -0.05) is 40.9 Å². The number of rotatable bonds is 6. The van der Waals surface area contributed by atoms with Crippen molar-refractivity contribution in [1.82, 2.24) is 10.3 Å². The van der Waals surface area contributed by atoms with Gasteiger partial charge in [-0.05, 0) is 70.4 Å². The second kappa shape index (κ2) is 11.2. The van der Waals surface area contributed by atoms with Gasteiger partial charge in [0.15, 0.2) is 6.61 Å². The minimum atomic E-state index is -0.399. The van der Waals surface area contributed by atoms with Gasteiger partial charge in [-0.3, -0.25) is 9.59 Å². The third-order valence-electron chi connectivity index (χ3n) is 5.71. The van der Waals surface area contributed by atoms with Gasteiger partial charge < -0.3 is 9.64 Å². The van der Waals surface area contributed by atoms with E-state index in [0.717, 1.165) is 19.3 Å². The molecule has 2 amide bonds. The Bertz CT molecular complexity index is 1050. The van der Waals surface area contributed by atoms with E-state index < -0.39 is 5.91 Å². The van der Waals surface area contributed by atoms with E-state index in [4.69, 9.17) is 39.5 Å². The van der Waals surface area contributed by atoms with Crippen LogP contribution in [0.5, 0.6) is 5.75 Å². The molecule has 2 atom stereocenters. The number of piperidine rings is 1. The number of halogens is 3. The lowest BCUT2D eigenvalue weighted by Crippen LogP contribution is -2.49. The Kier molecular flexibility index (Phi) is 8.63. The summed E-state index contributed by atoms with van der Waals surface area (Å²) in [5, 5.41) is 4.94. The first-order valence-corrected chi connectivity index (χ1v) is 11.8. The molecule has 33 heavy (non-hydrogen) atoms. The van der Waals surface area contributed by atoms with Crippen LogP contribution in [-0.2, 0) is 4.79 Å². The monoisotopic (exact) mass is 509 g/mol. The molecule has 0 spiro atoms. The third kappa shape index (κ3) is 6.19. The fourth-order valence-corrected chi connectivity index (χ4v) is 4.57. The molecule has 176 valence electrons. The molecule has 2 aromatic carbocycles. The molecule has 1 aliphatic heterocycles. The number of likely N-dealkylation sites (tertiary alicyclic amines) is 1. The van der Waals surface area contributed by atoms with Crippen LogP contribution in [0, 0.1) is 0 Å². The Morgan fingerprint density at radius 3 is 2.30 bits per heavy atom. The van der Waals surface area contributed by atoms with Crippen LogP contribution in [-0.4, -0.2) is 41.1 Å². The topological polar surface area (TPSA) is 71.0 Å². The first kappa shape index (κ1) is 25.3. The van der Waals surface area contributed by atoms with Crippen molar-refractivity contribution in [2.24, 2.45) is 5.10 Å². The van der Waals surface area contributed by atoms with Crippen molar-refractivity contribution >= 4 is 52.3 Å². The fourth-order valence-electron chi connectivity index (χ4n) is 3.90. The molecule has 0 saturated carbocycles. The van der Waals surface area contributed by atoms with E-state index >= 15 is 0 Å². The number of amides is 2. The van der Waals surface area contributed by atoms with Gasteiger partial charge in [0.25, 0.3) is 11.8 Å². The Hall–Kier alpha value is -2.28. The Morgan fingerprint density at radius 2 is 1.67 bits per heavy atom. The average molecular weight is 511 g/mol. The van der Waals surface area contributed by atoms with Gasteiger partial charge in [0, 0.05) is 23.2 Å². The summed E-state index contributed by atoms with van der Waals surface area (Å²) in [5.74, 6) is 0.0888. The molecule has 1 fully saturated rings. The van der Waals surface area contributed by atoms with Crippen molar-refractivity contribution in [3.05, 3.63) is 62.6 Å². The van der Waals surface area contributed by atoms with Crippen LogP contribution in [0.4, 0.5) is 0 Å². The van der Waals surface area contributed by atoms with Gasteiger partial charge in [0.2, 0.25) is 0 Å². The van der Waals surface area contributed by atoms with Crippen LogP contribution in [0.25, 0.3) is 0 Å². The summed E-state index contributed by atoms with van der Waals surface area (Å²) >= 11 is 18.2. The van der Waals surface area contributed by atoms with Crippen molar-refractivity contribution in [3.63, 3.8) is 0 Å². The minimum Gasteiger partial charge on any atom is -0.484 e. The van der Waals surface area contributed by atoms with Gasteiger partial charge in [0.1, 0.15) is 5.75 Å². The molecule has 1 aliphatic rings. The van der Waals surface area contributed by atoms with Crippen LogP contribution >= 0.6 is 34.8 Å². The molecule has 0 aromatic heterocycles. The van der Waals surface area contributed by atoms with Crippen molar-refractivity contribution < 1.29 is 14.3 Å². The summed E-state index contributed by atoms with van der Waals surface area (Å²) in [7, 11) is 0. The highest BCUT2D eigenvalue weighted by Gasteiger charge is 2.29. The maximum Gasteiger partial charge on any atom is 0.271 e. The largest absolute Gasteiger partial charge is 0.484 e. The standard InChI is InChI=1S/C24H26Cl3N3O3/c1-14-5-4-6-15(2)30(14)21(31)13-33-18-9-7-17(8-10-18)24(32)29-28-16(3)19-11-12-20(25)23(27)22(19)26/h7-12,14-15H,4-6,13H2,1-3H3,(H,29,32). The summed E-state index contributed by atoms with van der Waals surface area (Å²) in [6, 6.07) is 10.3. The summed E-state index contributed by atoms with van der Waals surface area (Å²) < 4.78 is 5.65. The van der Waals surface area contributed by atoms with E-state index in [9.17, 15) is 9.59 Å². The Morgan fingerprint density at radius 1 is 1.03 bits per heavy atom. The zero-order valence-corrected chi connectivity index (χ0v) is 21.0. The quantitative estimate of drug-likeness (QED) is 0.296. The predicted octanol–water partition coefficient (Wildman–Crippen LogP) is 5.97. The van der Waals surface area contributed by atoms with Crippen LogP contribution in [0.3, 0.4) is 0 Å². The zero-order chi connectivity index (χ0) is 24.1. The number of hydrogen-bond donors (Lipinski definition) is 1. The lowest BCUT2D eigenvalue weighted by molar-refractivity contribution is -0.139. The van der Waals surface area contributed by atoms with E-state index in [-0.39, 0.29) is 34.6 Å². The van der Waals surface area contributed by atoms with Gasteiger partial charge in [-0.25, -0.2) is 5.43 Å². The summed E-state index contributed by atoms with van der Waals surface area (Å²) in [5.41, 5.74) is 3.93. The average Bonchev–Trinajstić information content (AvgIpc) is 2.79. The Labute approximate surface area is 208 Å². The smallest absolute Gasteiger partial charge is 0.271 e. The zero-order valence-electron chi connectivity index (χ0n) is 18.7. The molecule has 0 bridgehead atoms. The number of benzene rings is 2. The highest BCUT2D eigenvalue weighted by molar-refractivity contribution is 6.49. The maximum absolute atomic E-state index is 12.6. The predicted molar refractivity (Wildman–Crippen MR) is 133 cm³/mol. The molecule has 0 radical (unpaired) electrons. The number of hydrazone groups is 1. The number of carbonyl (C=O) groups is 2. The molecule has 9 heteroatoms. The summed E-state index contributed by atoms with van der Waals surface area (Å²) in [6.07, 6.45) is 3.17. The van der Waals surface area contributed by atoms with E-state index in [1.165, 1.54) is 0 Å². The molecule has 2 aromatic rings. The molecule has 1 saturated heterocycles. The second-order valence-electron chi connectivity index (χ2n) is 8.10. The molecular weight excluding hydrogens is 485 g/mol. The van der Waals surface area contributed by atoms with E-state index in [2.05, 4.69) is 24.4 Å². The van der Waals surface area contributed by atoms with Crippen molar-refractivity contribution in [1.29, 1.82) is 0 Å². The number of nitrogens with zero attached hydrogens (tertiary/aromatic N) is 2. The maximum atomic E-state index is 12.6. The summed E-state index contributed by atoms with van der Waals surface area (Å²) in [4.78, 5) is 26.9. The minimum absolute atomic E-state index is 0.0257. The molecule has 3 rings (SSSR count). The van der Waals surface area contributed by atoms with Gasteiger partial charge in [-0.2, -0.15) is 5.10 Å². The first-order chi connectivity index (χ1) is 15.7. The van der Waals surface area contributed by atoms with Crippen molar-refractivity contribution in [3.8, 4) is 5.75 Å². The van der Waals surface area contributed by atoms with Crippen LogP contribution in [0.2, 0.25) is 15.1 Å².